The van der Waals surface area contributed by atoms with Gasteiger partial charge in [-0.25, -0.2) is 8.42 Å². The van der Waals surface area contributed by atoms with Gasteiger partial charge in [0.1, 0.15) is 11.5 Å². The number of rotatable bonds is 7. The van der Waals surface area contributed by atoms with E-state index in [1.807, 2.05) is 72.8 Å². The van der Waals surface area contributed by atoms with Crippen molar-refractivity contribution in [2.24, 2.45) is 0 Å². The highest BCUT2D eigenvalue weighted by molar-refractivity contribution is 7.92. The first kappa shape index (κ1) is 22.0. The third kappa shape index (κ3) is 5.55. The summed E-state index contributed by atoms with van der Waals surface area (Å²) in [5.74, 6) is 1.57. The van der Waals surface area contributed by atoms with Crippen molar-refractivity contribution in [1.29, 1.82) is 0 Å². The van der Waals surface area contributed by atoms with Gasteiger partial charge in [0, 0.05) is 50.0 Å². The lowest BCUT2D eigenvalue weighted by Gasteiger charge is -2.33. The lowest BCUT2D eigenvalue weighted by atomic mass is 10.2. The fourth-order valence-corrected chi connectivity index (χ4v) is 4.84. The van der Waals surface area contributed by atoms with E-state index in [-0.39, 0.29) is 5.91 Å². The Hall–Kier alpha value is -3.16. The van der Waals surface area contributed by atoms with Crippen molar-refractivity contribution in [3.63, 3.8) is 0 Å². The molecule has 0 bridgehead atoms. The van der Waals surface area contributed by atoms with Crippen LogP contribution in [-0.4, -0.2) is 49.7 Å². The van der Waals surface area contributed by atoms with E-state index in [1.54, 1.807) is 11.0 Å². The molecule has 7 heteroatoms. The number of nitrogens with zero attached hydrogens (tertiary/aromatic N) is 2. The van der Waals surface area contributed by atoms with Crippen LogP contribution in [0.15, 0.2) is 82.6 Å². The van der Waals surface area contributed by atoms with E-state index in [0.29, 0.717) is 39.0 Å². The summed E-state index contributed by atoms with van der Waals surface area (Å²) in [4.78, 5) is 14.3. The lowest BCUT2D eigenvalue weighted by molar-refractivity contribution is -0.132. The van der Waals surface area contributed by atoms with Gasteiger partial charge in [0.05, 0.1) is 0 Å². The minimum Gasteiger partial charge on any atom is -0.461 e. The maximum Gasteiger partial charge on any atom is 0.236 e. The number of benzene rings is 2. The highest BCUT2D eigenvalue weighted by atomic mass is 32.2. The average molecular weight is 451 g/mol. The minimum absolute atomic E-state index is 0.0135. The summed E-state index contributed by atoms with van der Waals surface area (Å²) in [6.07, 6.45) is 2.45. The van der Waals surface area contributed by atoms with E-state index in [2.05, 4.69) is 0 Å². The van der Waals surface area contributed by atoms with Crippen molar-refractivity contribution >= 4 is 22.0 Å². The number of hydrogen-bond acceptors (Lipinski definition) is 4. The van der Waals surface area contributed by atoms with Crippen LogP contribution in [0.25, 0.3) is 17.4 Å². The van der Waals surface area contributed by atoms with Crippen LogP contribution in [0, 0.1) is 0 Å². The predicted molar refractivity (Wildman–Crippen MR) is 125 cm³/mol. The monoisotopic (exact) mass is 450 g/mol. The highest BCUT2D eigenvalue weighted by Gasteiger charge is 2.27. The van der Waals surface area contributed by atoms with Crippen molar-refractivity contribution in [3.05, 3.63) is 89.5 Å². The van der Waals surface area contributed by atoms with Crippen LogP contribution < -0.4 is 0 Å². The van der Waals surface area contributed by atoms with Gasteiger partial charge in [0.2, 0.25) is 15.9 Å². The predicted octanol–water partition coefficient (Wildman–Crippen LogP) is 4.02. The van der Waals surface area contributed by atoms with Gasteiger partial charge in [-0.3, -0.25) is 4.79 Å². The van der Waals surface area contributed by atoms with E-state index in [1.165, 1.54) is 9.71 Å². The first-order valence-corrected chi connectivity index (χ1v) is 12.2. The Labute approximate surface area is 188 Å². The third-order valence-electron chi connectivity index (χ3n) is 5.49. The number of carbonyl (C=O) groups is 1. The van der Waals surface area contributed by atoms with Crippen LogP contribution in [0.2, 0.25) is 0 Å². The number of sulfonamides is 1. The van der Waals surface area contributed by atoms with Crippen LogP contribution in [0.3, 0.4) is 0 Å². The summed E-state index contributed by atoms with van der Waals surface area (Å²) in [7, 11) is -3.51. The molecule has 1 aliphatic heterocycles. The maximum absolute atomic E-state index is 12.6. The molecule has 1 aliphatic rings. The van der Waals surface area contributed by atoms with E-state index in [4.69, 9.17) is 4.42 Å². The Morgan fingerprint density at radius 1 is 0.875 bits per heavy atom. The number of piperazine rings is 1. The molecule has 6 nitrogen and oxygen atoms in total. The standard InChI is InChI=1S/C25H26N2O4S/c28-25(14-12-23-11-13-24(31-23)22-9-5-2-6-10-22)26-16-18-27(19-17-26)32(29,30)20-15-21-7-3-1-4-8-21/h1-11,13,15,20H,12,14,16-19H2/b20-15+. The number of carbonyl (C=O) groups excluding carboxylic acids is 1. The molecule has 166 valence electrons. The van der Waals surface area contributed by atoms with Gasteiger partial charge in [0.25, 0.3) is 0 Å². The number of amides is 1. The summed E-state index contributed by atoms with van der Waals surface area (Å²) in [5.41, 5.74) is 1.84. The second-order valence-electron chi connectivity index (χ2n) is 7.67. The van der Waals surface area contributed by atoms with Crippen LogP contribution in [0.1, 0.15) is 17.7 Å². The van der Waals surface area contributed by atoms with E-state index >= 15 is 0 Å². The van der Waals surface area contributed by atoms with Gasteiger partial charge in [-0.15, -0.1) is 0 Å². The Morgan fingerprint density at radius 3 is 2.22 bits per heavy atom. The molecule has 0 spiro atoms. The van der Waals surface area contributed by atoms with E-state index < -0.39 is 10.0 Å². The van der Waals surface area contributed by atoms with Gasteiger partial charge in [-0.2, -0.15) is 4.31 Å². The summed E-state index contributed by atoms with van der Waals surface area (Å²) < 4.78 is 32.5. The molecule has 0 N–H and O–H groups in total. The quantitative estimate of drug-likeness (QED) is 0.545. The lowest BCUT2D eigenvalue weighted by Crippen LogP contribution is -2.50. The fraction of sp³-hybridized carbons (Fsp3) is 0.240. The van der Waals surface area contributed by atoms with Gasteiger partial charge >= 0.3 is 0 Å². The number of hydrogen-bond donors (Lipinski definition) is 0. The molecule has 32 heavy (non-hydrogen) atoms. The molecule has 0 unspecified atom stereocenters. The molecule has 0 atom stereocenters. The van der Waals surface area contributed by atoms with Crippen molar-refractivity contribution in [3.8, 4) is 11.3 Å². The largest absolute Gasteiger partial charge is 0.461 e. The molecular formula is C25H26N2O4S. The normalized spacial score (nSPS) is 15.3. The molecule has 2 aromatic carbocycles. The second kappa shape index (κ2) is 9.97. The molecule has 0 saturated carbocycles. The second-order valence-corrected chi connectivity index (χ2v) is 9.49. The van der Waals surface area contributed by atoms with E-state index in [9.17, 15) is 13.2 Å². The Balaban J connectivity index is 1.26. The topological polar surface area (TPSA) is 70.8 Å². The number of furan rings is 1. The van der Waals surface area contributed by atoms with Crippen LogP contribution in [-0.2, 0) is 21.2 Å². The van der Waals surface area contributed by atoms with Crippen molar-refractivity contribution in [2.75, 3.05) is 26.2 Å². The fourth-order valence-electron chi connectivity index (χ4n) is 3.66. The minimum atomic E-state index is -3.51. The summed E-state index contributed by atoms with van der Waals surface area (Å²) >= 11 is 0. The molecule has 1 saturated heterocycles. The third-order valence-corrected chi connectivity index (χ3v) is 7.05. The Bertz CT molecular complexity index is 1160. The molecule has 1 aromatic heterocycles. The van der Waals surface area contributed by atoms with Gasteiger partial charge < -0.3 is 9.32 Å². The molecule has 1 amide bonds. The van der Waals surface area contributed by atoms with Crippen LogP contribution in [0.4, 0.5) is 0 Å². The average Bonchev–Trinajstić information content (AvgIpc) is 3.32. The van der Waals surface area contributed by atoms with Crippen molar-refractivity contribution in [1.82, 2.24) is 9.21 Å². The first-order valence-electron chi connectivity index (χ1n) is 10.7. The molecular weight excluding hydrogens is 424 g/mol. The molecule has 2 heterocycles. The Morgan fingerprint density at radius 2 is 1.53 bits per heavy atom. The first-order chi connectivity index (χ1) is 15.5. The summed E-state index contributed by atoms with van der Waals surface area (Å²) in [5, 5.41) is 1.24. The summed E-state index contributed by atoms with van der Waals surface area (Å²) in [6, 6.07) is 23.0. The van der Waals surface area contributed by atoms with Gasteiger partial charge in [-0.05, 0) is 23.8 Å². The van der Waals surface area contributed by atoms with Crippen molar-refractivity contribution in [2.45, 2.75) is 12.8 Å². The SMILES string of the molecule is O=C(CCc1ccc(-c2ccccc2)o1)N1CCN(S(=O)(=O)/C=C/c2ccccc2)CC1. The molecule has 1 fully saturated rings. The van der Waals surface area contributed by atoms with Crippen molar-refractivity contribution < 1.29 is 17.6 Å². The zero-order chi connectivity index (χ0) is 22.4. The van der Waals surface area contributed by atoms with Crippen LogP contribution >= 0.6 is 0 Å². The van der Waals surface area contributed by atoms with Crippen LogP contribution in [0.5, 0.6) is 0 Å². The Kier molecular flexibility index (Phi) is 6.87. The van der Waals surface area contributed by atoms with Gasteiger partial charge in [0.15, 0.2) is 0 Å². The molecule has 0 aliphatic carbocycles. The number of aryl methyl sites for hydroxylation is 1. The smallest absolute Gasteiger partial charge is 0.236 e. The summed E-state index contributed by atoms with van der Waals surface area (Å²) in [6.45, 7) is 1.38. The molecule has 0 radical (unpaired) electrons. The zero-order valence-corrected chi connectivity index (χ0v) is 18.6. The highest BCUT2D eigenvalue weighted by Crippen LogP contribution is 2.22. The zero-order valence-electron chi connectivity index (χ0n) is 17.8. The molecule has 3 aromatic rings. The van der Waals surface area contributed by atoms with E-state index in [0.717, 1.165) is 22.6 Å². The van der Waals surface area contributed by atoms with Gasteiger partial charge in [-0.1, -0.05) is 60.7 Å². The maximum atomic E-state index is 12.6. The molecule has 4 rings (SSSR count).